The Bertz CT molecular complexity index is 604. The van der Waals surface area contributed by atoms with Gasteiger partial charge in [0, 0.05) is 0 Å². The van der Waals surface area contributed by atoms with Crippen molar-refractivity contribution in [2.24, 2.45) is 5.92 Å². The van der Waals surface area contributed by atoms with Crippen molar-refractivity contribution >= 4 is 26.2 Å². The molecule has 1 aromatic rings. The zero-order valence-corrected chi connectivity index (χ0v) is 16.1. The summed E-state index contributed by atoms with van der Waals surface area (Å²) in [5.74, 6) is 0.187. The van der Waals surface area contributed by atoms with Gasteiger partial charge in [-0.05, 0) is 0 Å². The molecule has 0 saturated carbocycles. The molecule has 0 radical (unpaired) electrons. The molecule has 1 aliphatic heterocycles. The molecule has 0 unspecified atom stereocenters. The van der Waals surface area contributed by atoms with Crippen molar-refractivity contribution in [1.29, 1.82) is 0 Å². The van der Waals surface area contributed by atoms with E-state index in [1.54, 1.807) is 4.90 Å². The minimum absolute atomic E-state index is 0.0196. The van der Waals surface area contributed by atoms with Crippen LogP contribution in [0.1, 0.15) is 48.6 Å². The van der Waals surface area contributed by atoms with Crippen molar-refractivity contribution in [3.63, 3.8) is 0 Å². The molecule has 2 atom stereocenters. The zero-order chi connectivity index (χ0) is 17.3. The maximum absolute atomic E-state index is 12.7. The first-order valence-corrected chi connectivity index (χ1v) is 8.82. The van der Waals surface area contributed by atoms with Crippen LogP contribution >= 0.6 is 0 Å². The predicted octanol–water partition coefficient (Wildman–Crippen LogP) is 2.17. The Balaban J connectivity index is 2.18. The number of aliphatic hydroxyl groups is 1. The van der Waals surface area contributed by atoms with Gasteiger partial charge in [-0.25, -0.2) is 0 Å². The molecule has 1 aromatic carbocycles. The van der Waals surface area contributed by atoms with Crippen LogP contribution in [-0.2, 0) is 9.53 Å². The first kappa shape index (κ1) is 18.2. The quantitative estimate of drug-likeness (QED) is 0.813. The van der Waals surface area contributed by atoms with Crippen molar-refractivity contribution in [3.05, 3.63) is 34.4 Å². The molecule has 0 spiro atoms. The number of amides is 1. The van der Waals surface area contributed by atoms with Gasteiger partial charge in [0.05, 0.1) is 0 Å². The number of aliphatic hydroxyl groups excluding tert-OH is 1. The van der Waals surface area contributed by atoms with E-state index in [1.165, 1.54) is 0 Å². The number of nitrogens with zero attached hydrogens (tertiary/aromatic N) is 1. The summed E-state index contributed by atoms with van der Waals surface area (Å²) in [6, 6.07) is 4.10. The molecule has 1 N–H and O–H groups in total. The first-order valence-electron chi connectivity index (χ1n) is 7.97. The van der Waals surface area contributed by atoms with Gasteiger partial charge in [-0.15, -0.1) is 0 Å². The van der Waals surface area contributed by atoms with E-state index in [0.717, 1.165) is 22.3 Å². The second-order valence-electron chi connectivity index (χ2n) is 6.68. The minimum atomic E-state index is -0.802. The van der Waals surface area contributed by atoms with Gasteiger partial charge >= 0.3 is 146 Å². The number of aryl methyl sites for hydroxylation is 3. The monoisotopic (exact) mass is 383 g/mol. The fraction of sp³-hybridized carbons (Fsp3) is 0.556. The van der Waals surface area contributed by atoms with Crippen LogP contribution in [0.4, 0.5) is 0 Å². The van der Waals surface area contributed by atoms with E-state index in [4.69, 9.17) is 4.74 Å². The summed E-state index contributed by atoms with van der Waals surface area (Å²) >= 11 is 2.82. The number of rotatable bonds is 4. The molecule has 5 heteroatoms. The Morgan fingerprint density at radius 2 is 1.91 bits per heavy atom. The number of hydrogen-bond acceptors (Lipinski definition) is 3. The third kappa shape index (κ3) is 3.85. The van der Waals surface area contributed by atoms with Crippen LogP contribution in [0.25, 0.3) is 0 Å². The fourth-order valence-corrected chi connectivity index (χ4v) is 3.94. The molecule has 4 nitrogen and oxygen atoms in total. The van der Waals surface area contributed by atoms with Gasteiger partial charge in [0.1, 0.15) is 0 Å². The summed E-state index contributed by atoms with van der Waals surface area (Å²) < 4.78 is 6.01. The number of hydrogen-bond donors (Lipinski definition) is 1. The average Bonchev–Trinajstić information content (AvgIpc) is 2.79. The Morgan fingerprint density at radius 3 is 2.43 bits per heavy atom. The van der Waals surface area contributed by atoms with Crippen molar-refractivity contribution in [3.8, 4) is 0 Å². The normalized spacial score (nSPS) is 19.2. The molecule has 1 amide bonds. The van der Waals surface area contributed by atoms with E-state index < -0.39 is 6.10 Å². The van der Waals surface area contributed by atoms with Gasteiger partial charge in [-0.3, -0.25) is 0 Å². The molecule has 23 heavy (non-hydrogen) atoms. The molecule has 1 fully saturated rings. The van der Waals surface area contributed by atoms with Gasteiger partial charge in [0.15, 0.2) is 0 Å². The molecule has 1 saturated heterocycles. The Morgan fingerprint density at radius 1 is 1.35 bits per heavy atom. The summed E-state index contributed by atoms with van der Waals surface area (Å²) in [5.41, 5.74) is 4.06. The Labute approximate surface area is 146 Å². The first-order chi connectivity index (χ1) is 10.7. The fourth-order valence-electron chi connectivity index (χ4n) is 3.30. The van der Waals surface area contributed by atoms with Gasteiger partial charge in [0.2, 0.25) is 0 Å². The van der Waals surface area contributed by atoms with Crippen LogP contribution in [0.3, 0.4) is 0 Å². The summed E-state index contributed by atoms with van der Waals surface area (Å²) in [4.78, 5) is 14.3. The third-order valence-corrected chi connectivity index (χ3v) is 5.04. The van der Waals surface area contributed by atoms with E-state index in [2.05, 4.69) is 29.4 Å². The molecular formula is C18H25NO3Se. The van der Waals surface area contributed by atoms with Crippen LogP contribution in [0.5, 0.6) is 0 Å². The Kier molecular flexibility index (Phi) is 5.66. The van der Waals surface area contributed by atoms with Crippen LogP contribution in [0.15, 0.2) is 12.1 Å². The summed E-state index contributed by atoms with van der Waals surface area (Å²) in [5, 5.41) is 10.6. The molecule has 1 aliphatic rings. The number of ether oxygens (including phenoxy) is 1. The molecule has 0 aliphatic carbocycles. The van der Waals surface area contributed by atoms with Gasteiger partial charge in [0.25, 0.3) is 0 Å². The topological polar surface area (TPSA) is 49.8 Å². The van der Waals surface area contributed by atoms with E-state index in [-0.39, 0.29) is 18.4 Å². The van der Waals surface area contributed by atoms with Gasteiger partial charge in [-0.1, -0.05) is 0 Å². The van der Waals surface area contributed by atoms with E-state index in [1.807, 2.05) is 32.9 Å². The van der Waals surface area contributed by atoms with E-state index in [9.17, 15) is 9.90 Å². The SMILES string of the molecule is Cc1cc(C)c([C@H](O)CC(=O)N2C(=[Se])OC[C@@H]2C(C)C)c(C)c1. The Hall–Kier alpha value is -1.16. The van der Waals surface area contributed by atoms with Crippen molar-refractivity contribution < 1.29 is 14.6 Å². The van der Waals surface area contributed by atoms with E-state index in [0.29, 0.717) is 17.3 Å². The van der Waals surface area contributed by atoms with Crippen LogP contribution in [-0.4, -0.2) is 48.9 Å². The molecular weight excluding hydrogens is 357 g/mol. The molecule has 126 valence electrons. The van der Waals surface area contributed by atoms with Crippen molar-refractivity contribution in [2.75, 3.05) is 6.61 Å². The van der Waals surface area contributed by atoms with Crippen LogP contribution in [0, 0.1) is 26.7 Å². The van der Waals surface area contributed by atoms with Crippen LogP contribution < -0.4 is 0 Å². The van der Waals surface area contributed by atoms with Gasteiger partial charge in [-0.2, -0.15) is 0 Å². The standard InChI is InChI=1S/C18H25NO3Se/c1-10(2)14-9-22-18(23)19(14)16(21)8-15(20)17-12(4)6-11(3)7-13(17)5/h6-7,10,14-15,20H,8-9H2,1-5H3/t14-,15-/m1/s1. The van der Waals surface area contributed by atoms with Gasteiger partial charge < -0.3 is 0 Å². The summed E-state index contributed by atoms with van der Waals surface area (Å²) in [6.07, 6.45) is -0.744. The zero-order valence-electron chi connectivity index (χ0n) is 14.4. The van der Waals surface area contributed by atoms with Crippen LogP contribution in [0.2, 0.25) is 0 Å². The number of benzene rings is 1. The average molecular weight is 382 g/mol. The number of carbonyl (C=O) groups is 1. The molecule has 0 aromatic heterocycles. The predicted molar refractivity (Wildman–Crippen MR) is 92.4 cm³/mol. The summed E-state index contributed by atoms with van der Waals surface area (Å²) in [6.45, 7) is 10.6. The van der Waals surface area contributed by atoms with Crippen molar-refractivity contribution in [1.82, 2.24) is 4.90 Å². The molecule has 0 bridgehead atoms. The molecule has 1 heterocycles. The summed E-state index contributed by atoms with van der Waals surface area (Å²) in [7, 11) is 0. The van der Waals surface area contributed by atoms with Crippen molar-refractivity contribution in [2.45, 2.75) is 53.2 Å². The number of carbonyl (C=O) groups excluding carboxylic acids is 1. The molecule has 2 rings (SSSR count). The maximum atomic E-state index is 12.7. The second kappa shape index (κ2) is 7.16. The second-order valence-corrected chi connectivity index (χ2v) is 7.42. The third-order valence-electron chi connectivity index (χ3n) is 4.38. The van der Waals surface area contributed by atoms with E-state index >= 15 is 0 Å².